The first-order valence-corrected chi connectivity index (χ1v) is 9.45. The Hall–Kier alpha value is -0.650. The smallest absolute Gasteiger partial charge is 0.309 e. The van der Waals surface area contributed by atoms with E-state index in [4.69, 9.17) is 14.2 Å². The van der Waals surface area contributed by atoms with Crippen LogP contribution in [0.15, 0.2) is 0 Å². The number of carbonyl (C=O) groups excluding carboxylic acids is 1. The molecule has 3 aliphatic rings. The molecule has 5 nitrogen and oxygen atoms in total. The summed E-state index contributed by atoms with van der Waals surface area (Å²) in [4.78, 5) is 12.1. The Morgan fingerprint density at radius 2 is 2.04 bits per heavy atom. The van der Waals surface area contributed by atoms with E-state index in [2.05, 4.69) is 6.92 Å². The average Bonchev–Trinajstić information content (AvgIpc) is 2.93. The Morgan fingerprint density at radius 1 is 1.29 bits per heavy atom. The standard InChI is InChI=1S/C19H32O5/c1-5-19(3,4)18(21)23-7-6-22-15-12-8-11(2)9-14-13(10-12)16(15)24-17(14)20/h11-16,18,21H,5-10H2,1-4H3. The molecule has 2 saturated carbocycles. The van der Waals surface area contributed by atoms with Gasteiger partial charge in [0.25, 0.3) is 0 Å². The predicted molar refractivity (Wildman–Crippen MR) is 89.1 cm³/mol. The third-order valence-electron chi connectivity index (χ3n) is 6.47. The van der Waals surface area contributed by atoms with Gasteiger partial charge in [0.15, 0.2) is 6.29 Å². The van der Waals surface area contributed by atoms with Crippen molar-refractivity contribution < 1.29 is 24.1 Å². The van der Waals surface area contributed by atoms with Crippen LogP contribution in [0.3, 0.4) is 0 Å². The molecule has 0 aromatic carbocycles. The van der Waals surface area contributed by atoms with Crippen LogP contribution in [-0.4, -0.2) is 42.8 Å². The maximum Gasteiger partial charge on any atom is 0.309 e. The topological polar surface area (TPSA) is 65.0 Å². The molecule has 3 rings (SSSR count). The largest absolute Gasteiger partial charge is 0.459 e. The molecule has 1 saturated heterocycles. The lowest BCUT2D eigenvalue weighted by Crippen LogP contribution is -2.35. The van der Waals surface area contributed by atoms with Crippen LogP contribution < -0.4 is 0 Å². The quantitative estimate of drug-likeness (QED) is 0.438. The van der Waals surface area contributed by atoms with Crippen molar-refractivity contribution in [3.8, 4) is 0 Å². The molecule has 5 heteroatoms. The molecule has 1 N–H and O–H groups in total. The van der Waals surface area contributed by atoms with Crippen LogP contribution in [0.5, 0.6) is 0 Å². The number of hydrogen-bond acceptors (Lipinski definition) is 5. The normalized spacial score (nSPS) is 39.6. The van der Waals surface area contributed by atoms with Gasteiger partial charge in [0.05, 0.1) is 25.2 Å². The fraction of sp³-hybridized carbons (Fsp3) is 0.947. The molecule has 2 bridgehead atoms. The van der Waals surface area contributed by atoms with Crippen molar-refractivity contribution in [2.45, 2.75) is 71.9 Å². The van der Waals surface area contributed by atoms with Gasteiger partial charge in [-0.3, -0.25) is 4.79 Å². The Labute approximate surface area is 145 Å². The molecule has 0 aromatic rings. The summed E-state index contributed by atoms with van der Waals surface area (Å²) >= 11 is 0. The monoisotopic (exact) mass is 340 g/mol. The lowest BCUT2D eigenvalue weighted by molar-refractivity contribution is -0.180. The number of carbonyl (C=O) groups is 1. The van der Waals surface area contributed by atoms with Crippen LogP contribution in [0.2, 0.25) is 0 Å². The third kappa shape index (κ3) is 3.35. The van der Waals surface area contributed by atoms with Gasteiger partial charge in [-0.05, 0) is 37.5 Å². The summed E-state index contributed by atoms with van der Waals surface area (Å²) in [6.07, 6.45) is 3.09. The Kier molecular flexibility index (Phi) is 5.24. The van der Waals surface area contributed by atoms with Crippen molar-refractivity contribution in [2.75, 3.05) is 13.2 Å². The molecule has 1 aliphatic heterocycles. The van der Waals surface area contributed by atoms with Gasteiger partial charge in [-0.1, -0.05) is 27.7 Å². The van der Waals surface area contributed by atoms with Gasteiger partial charge in [-0.2, -0.15) is 0 Å². The third-order valence-corrected chi connectivity index (χ3v) is 6.47. The predicted octanol–water partition coefficient (Wildman–Crippen LogP) is 2.75. The molecular weight excluding hydrogens is 308 g/mol. The number of hydrogen-bond donors (Lipinski definition) is 1. The number of aliphatic hydroxyl groups excluding tert-OH is 1. The zero-order chi connectivity index (χ0) is 17.5. The number of rotatable bonds is 7. The number of aliphatic hydroxyl groups is 1. The number of esters is 1. The van der Waals surface area contributed by atoms with Crippen molar-refractivity contribution in [2.24, 2.45) is 29.1 Å². The van der Waals surface area contributed by atoms with Crippen LogP contribution in [0.25, 0.3) is 0 Å². The van der Waals surface area contributed by atoms with E-state index in [1.807, 2.05) is 20.8 Å². The van der Waals surface area contributed by atoms with Crippen LogP contribution >= 0.6 is 0 Å². The SMILES string of the molecule is CCC(C)(C)C(O)OCCOC1C2CC(C)CC3C(=O)OC1C3C2. The molecule has 0 amide bonds. The molecule has 0 aromatic heterocycles. The van der Waals surface area contributed by atoms with Gasteiger partial charge in [0, 0.05) is 11.3 Å². The maximum atomic E-state index is 12.1. The fourth-order valence-electron chi connectivity index (χ4n) is 4.60. The molecule has 3 fully saturated rings. The highest BCUT2D eigenvalue weighted by molar-refractivity contribution is 5.75. The molecule has 2 aliphatic carbocycles. The van der Waals surface area contributed by atoms with Gasteiger partial charge in [0.2, 0.25) is 0 Å². The summed E-state index contributed by atoms with van der Waals surface area (Å²) in [5.74, 6) is 1.41. The van der Waals surface area contributed by atoms with Crippen molar-refractivity contribution in [3.05, 3.63) is 0 Å². The highest BCUT2D eigenvalue weighted by atomic mass is 16.6. The summed E-state index contributed by atoms with van der Waals surface area (Å²) in [5, 5.41) is 10.1. The first-order valence-electron chi connectivity index (χ1n) is 9.45. The Balaban J connectivity index is 1.52. The summed E-state index contributed by atoms with van der Waals surface area (Å²) in [5.41, 5.74) is -0.258. The lowest BCUT2D eigenvalue weighted by Gasteiger charge is -2.30. The van der Waals surface area contributed by atoms with Gasteiger partial charge >= 0.3 is 5.97 Å². The lowest BCUT2D eigenvalue weighted by atomic mass is 9.84. The Morgan fingerprint density at radius 3 is 2.75 bits per heavy atom. The first-order chi connectivity index (χ1) is 11.3. The fourth-order valence-corrected chi connectivity index (χ4v) is 4.60. The second kappa shape index (κ2) is 6.93. The summed E-state index contributed by atoms with van der Waals surface area (Å²) in [7, 11) is 0. The van der Waals surface area contributed by atoms with Crippen LogP contribution in [-0.2, 0) is 19.0 Å². The van der Waals surface area contributed by atoms with Crippen molar-refractivity contribution in [3.63, 3.8) is 0 Å². The number of ether oxygens (including phenoxy) is 3. The minimum Gasteiger partial charge on any atom is -0.459 e. The molecule has 0 radical (unpaired) electrons. The highest BCUT2D eigenvalue weighted by Gasteiger charge is 2.58. The molecule has 0 spiro atoms. The second-order valence-electron chi connectivity index (χ2n) is 8.64. The van der Waals surface area contributed by atoms with Gasteiger partial charge < -0.3 is 19.3 Å². The summed E-state index contributed by atoms with van der Waals surface area (Å²) < 4.78 is 17.3. The van der Waals surface area contributed by atoms with Gasteiger partial charge in [-0.15, -0.1) is 0 Å². The van der Waals surface area contributed by atoms with E-state index in [1.54, 1.807) is 0 Å². The first kappa shape index (κ1) is 18.2. The highest BCUT2D eigenvalue weighted by Crippen LogP contribution is 2.52. The van der Waals surface area contributed by atoms with Gasteiger partial charge in [-0.25, -0.2) is 0 Å². The van der Waals surface area contributed by atoms with Crippen molar-refractivity contribution in [1.82, 2.24) is 0 Å². The van der Waals surface area contributed by atoms with E-state index in [0.717, 1.165) is 25.7 Å². The molecule has 7 atom stereocenters. The van der Waals surface area contributed by atoms with Crippen molar-refractivity contribution in [1.29, 1.82) is 0 Å². The number of fused-ring (bicyclic) bond motifs is 1. The summed E-state index contributed by atoms with van der Waals surface area (Å²) in [6, 6.07) is 0. The van der Waals surface area contributed by atoms with Crippen LogP contribution in [0.4, 0.5) is 0 Å². The molecule has 24 heavy (non-hydrogen) atoms. The minimum absolute atomic E-state index is 0.00775. The average molecular weight is 340 g/mol. The Bertz CT molecular complexity index is 463. The zero-order valence-corrected chi connectivity index (χ0v) is 15.4. The molecular formula is C19H32O5. The molecule has 138 valence electrons. The zero-order valence-electron chi connectivity index (χ0n) is 15.4. The maximum absolute atomic E-state index is 12.1. The summed E-state index contributed by atoms with van der Waals surface area (Å²) in [6.45, 7) is 9.03. The molecule has 7 unspecified atom stereocenters. The van der Waals surface area contributed by atoms with E-state index >= 15 is 0 Å². The van der Waals surface area contributed by atoms with E-state index in [0.29, 0.717) is 31.0 Å². The van der Waals surface area contributed by atoms with Crippen LogP contribution in [0, 0.1) is 29.1 Å². The molecule has 1 heterocycles. The van der Waals surface area contributed by atoms with Crippen LogP contribution in [0.1, 0.15) is 53.4 Å². The van der Waals surface area contributed by atoms with E-state index < -0.39 is 6.29 Å². The minimum atomic E-state index is -0.786. The second-order valence-corrected chi connectivity index (χ2v) is 8.64. The van der Waals surface area contributed by atoms with E-state index in [9.17, 15) is 9.90 Å². The van der Waals surface area contributed by atoms with E-state index in [-0.39, 0.29) is 29.5 Å². The van der Waals surface area contributed by atoms with Crippen molar-refractivity contribution >= 4 is 5.97 Å². The van der Waals surface area contributed by atoms with E-state index in [1.165, 1.54) is 0 Å². The van der Waals surface area contributed by atoms with Gasteiger partial charge in [0.1, 0.15) is 6.10 Å².